The molecule has 0 fully saturated rings. The molecule has 4 heteroatoms. The third-order valence-corrected chi connectivity index (χ3v) is 3.17. The number of benzene rings is 2. The molecule has 0 spiro atoms. The number of nitrogens with two attached hydrogens (primary N) is 1. The molecule has 1 heterocycles. The number of halogens is 1. The van der Waals surface area contributed by atoms with Gasteiger partial charge in [0.05, 0.1) is 16.9 Å². The zero-order chi connectivity index (χ0) is 13.2. The zero-order valence-electron chi connectivity index (χ0n) is 10.1. The highest BCUT2D eigenvalue weighted by molar-refractivity contribution is 6.30. The van der Waals surface area contributed by atoms with Crippen molar-refractivity contribution in [3.8, 4) is 0 Å². The number of nitrogens with one attached hydrogen (secondary N) is 1. The third kappa shape index (κ3) is 2.33. The quantitative estimate of drug-likeness (QED) is 0.685. The number of nitrogen functional groups attached to an aromatic ring is 1. The predicted molar refractivity (Wildman–Crippen MR) is 80.9 cm³/mol. The van der Waals surface area contributed by atoms with E-state index in [9.17, 15) is 0 Å². The molecular weight excluding hydrogens is 258 g/mol. The Morgan fingerprint density at radius 2 is 1.95 bits per heavy atom. The van der Waals surface area contributed by atoms with Gasteiger partial charge < -0.3 is 11.1 Å². The molecule has 3 N–H and O–H groups in total. The van der Waals surface area contributed by atoms with Crippen LogP contribution in [0.5, 0.6) is 0 Å². The Balaban J connectivity index is 2.04. The standard InChI is InChI=1S/C15H12ClN3/c16-10-3-1-4-11(9-10)19-14-7-6-13-12(15(14)17)5-2-8-18-13/h1-9,19H,17H2. The smallest absolute Gasteiger partial charge is 0.0724 e. The van der Waals surface area contributed by atoms with E-state index in [4.69, 9.17) is 17.3 Å². The van der Waals surface area contributed by atoms with Crippen molar-refractivity contribution in [1.29, 1.82) is 0 Å². The van der Waals surface area contributed by atoms with Gasteiger partial charge in [-0.15, -0.1) is 0 Å². The van der Waals surface area contributed by atoms with Gasteiger partial charge in [-0.2, -0.15) is 0 Å². The normalized spacial score (nSPS) is 10.6. The number of fused-ring (bicyclic) bond motifs is 1. The first-order valence-electron chi connectivity index (χ1n) is 5.90. The van der Waals surface area contributed by atoms with Crippen LogP contribution < -0.4 is 11.1 Å². The van der Waals surface area contributed by atoms with Gasteiger partial charge in [0.2, 0.25) is 0 Å². The summed E-state index contributed by atoms with van der Waals surface area (Å²) in [6.07, 6.45) is 1.76. The third-order valence-electron chi connectivity index (χ3n) is 2.93. The summed E-state index contributed by atoms with van der Waals surface area (Å²) >= 11 is 5.96. The molecule has 3 nitrogen and oxygen atoms in total. The van der Waals surface area contributed by atoms with Crippen LogP contribution in [0.3, 0.4) is 0 Å². The first-order valence-corrected chi connectivity index (χ1v) is 6.27. The zero-order valence-corrected chi connectivity index (χ0v) is 10.9. The van der Waals surface area contributed by atoms with E-state index in [0.29, 0.717) is 10.7 Å². The van der Waals surface area contributed by atoms with Crippen LogP contribution in [0, 0.1) is 0 Å². The van der Waals surface area contributed by atoms with Crippen molar-refractivity contribution in [1.82, 2.24) is 4.98 Å². The van der Waals surface area contributed by atoms with Gasteiger partial charge in [-0.05, 0) is 42.5 Å². The van der Waals surface area contributed by atoms with Crippen LogP contribution in [0.1, 0.15) is 0 Å². The van der Waals surface area contributed by atoms with Gasteiger partial charge >= 0.3 is 0 Å². The summed E-state index contributed by atoms with van der Waals surface area (Å²) in [6, 6.07) is 15.2. The summed E-state index contributed by atoms with van der Waals surface area (Å²) in [4.78, 5) is 4.28. The Labute approximate surface area is 116 Å². The SMILES string of the molecule is Nc1c(Nc2cccc(Cl)c2)ccc2ncccc12. The van der Waals surface area contributed by atoms with E-state index in [1.165, 1.54) is 0 Å². The van der Waals surface area contributed by atoms with Gasteiger partial charge in [0, 0.05) is 22.3 Å². The number of aromatic nitrogens is 1. The predicted octanol–water partition coefficient (Wildman–Crippen LogP) is 4.21. The molecule has 0 aliphatic rings. The molecule has 1 aromatic heterocycles. The lowest BCUT2D eigenvalue weighted by Crippen LogP contribution is -1.97. The van der Waals surface area contributed by atoms with E-state index in [1.54, 1.807) is 6.20 Å². The molecule has 3 rings (SSSR count). The highest BCUT2D eigenvalue weighted by atomic mass is 35.5. The second kappa shape index (κ2) is 4.78. The van der Waals surface area contributed by atoms with E-state index in [0.717, 1.165) is 22.3 Å². The molecule has 0 aliphatic carbocycles. The summed E-state index contributed by atoms with van der Waals surface area (Å²) in [7, 11) is 0. The van der Waals surface area contributed by atoms with Crippen LogP contribution in [0.25, 0.3) is 10.9 Å². The fourth-order valence-electron chi connectivity index (χ4n) is 2.01. The minimum Gasteiger partial charge on any atom is -0.396 e. The molecule has 0 saturated heterocycles. The van der Waals surface area contributed by atoms with E-state index in [2.05, 4.69) is 10.3 Å². The van der Waals surface area contributed by atoms with Gasteiger partial charge in [0.15, 0.2) is 0 Å². The summed E-state index contributed by atoms with van der Waals surface area (Å²) in [6.45, 7) is 0. The molecule has 0 radical (unpaired) electrons. The van der Waals surface area contributed by atoms with E-state index in [1.807, 2.05) is 48.5 Å². The second-order valence-electron chi connectivity index (χ2n) is 4.23. The monoisotopic (exact) mass is 269 g/mol. The molecular formula is C15H12ClN3. The van der Waals surface area contributed by atoms with Crippen molar-refractivity contribution in [2.24, 2.45) is 0 Å². The van der Waals surface area contributed by atoms with Crippen LogP contribution in [-0.4, -0.2) is 4.98 Å². The Morgan fingerprint density at radius 3 is 2.79 bits per heavy atom. The van der Waals surface area contributed by atoms with Gasteiger partial charge in [0.1, 0.15) is 0 Å². The van der Waals surface area contributed by atoms with Crippen LogP contribution in [-0.2, 0) is 0 Å². The Hall–Kier alpha value is -2.26. The van der Waals surface area contributed by atoms with Crippen LogP contribution >= 0.6 is 11.6 Å². The van der Waals surface area contributed by atoms with Gasteiger partial charge in [-0.1, -0.05) is 17.7 Å². The molecule has 94 valence electrons. The van der Waals surface area contributed by atoms with Crippen molar-refractivity contribution in [2.45, 2.75) is 0 Å². The number of rotatable bonds is 2. The topological polar surface area (TPSA) is 50.9 Å². The first kappa shape index (κ1) is 11.8. The highest BCUT2D eigenvalue weighted by Crippen LogP contribution is 2.30. The number of hydrogen-bond acceptors (Lipinski definition) is 3. The maximum absolute atomic E-state index is 6.17. The maximum Gasteiger partial charge on any atom is 0.0724 e. The molecule has 0 unspecified atom stereocenters. The number of hydrogen-bond donors (Lipinski definition) is 2. The lowest BCUT2D eigenvalue weighted by molar-refractivity contribution is 1.41. The van der Waals surface area contributed by atoms with E-state index >= 15 is 0 Å². The maximum atomic E-state index is 6.17. The molecule has 0 bridgehead atoms. The average molecular weight is 270 g/mol. The van der Waals surface area contributed by atoms with Gasteiger partial charge in [-0.25, -0.2) is 0 Å². The highest BCUT2D eigenvalue weighted by Gasteiger charge is 2.05. The Kier molecular flexibility index (Phi) is 2.97. The molecule has 2 aromatic carbocycles. The summed E-state index contributed by atoms with van der Waals surface area (Å²) in [5.41, 5.74) is 9.50. The minimum atomic E-state index is 0.686. The minimum absolute atomic E-state index is 0.686. The number of pyridine rings is 1. The van der Waals surface area contributed by atoms with Crippen molar-refractivity contribution in [3.63, 3.8) is 0 Å². The van der Waals surface area contributed by atoms with E-state index < -0.39 is 0 Å². The largest absolute Gasteiger partial charge is 0.396 e. The van der Waals surface area contributed by atoms with Crippen LogP contribution in [0.15, 0.2) is 54.7 Å². The molecule has 0 atom stereocenters. The van der Waals surface area contributed by atoms with Gasteiger partial charge in [-0.3, -0.25) is 4.98 Å². The number of anilines is 3. The average Bonchev–Trinajstić information content (AvgIpc) is 2.42. The lowest BCUT2D eigenvalue weighted by Gasteiger charge is -2.11. The Morgan fingerprint density at radius 1 is 1.05 bits per heavy atom. The molecule has 0 saturated carbocycles. The summed E-state index contributed by atoms with van der Waals surface area (Å²) < 4.78 is 0. The van der Waals surface area contributed by atoms with Crippen molar-refractivity contribution >= 4 is 39.6 Å². The lowest BCUT2D eigenvalue weighted by atomic mass is 10.1. The fourth-order valence-corrected chi connectivity index (χ4v) is 2.20. The van der Waals surface area contributed by atoms with E-state index in [-0.39, 0.29) is 0 Å². The van der Waals surface area contributed by atoms with Crippen molar-refractivity contribution in [3.05, 3.63) is 59.8 Å². The van der Waals surface area contributed by atoms with Gasteiger partial charge in [0.25, 0.3) is 0 Å². The molecule has 19 heavy (non-hydrogen) atoms. The van der Waals surface area contributed by atoms with Crippen molar-refractivity contribution < 1.29 is 0 Å². The summed E-state index contributed by atoms with van der Waals surface area (Å²) in [5.74, 6) is 0. The summed E-state index contributed by atoms with van der Waals surface area (Å²) in [5, 5.41) is 4.89. The van der Waals surface area contributed by atoms with Crippen molar-refractivity contribution in [2.75, 3.05) is 11.1 Å². The first-order chi connectivity index (χ1) is 9.24. The molecule has 0 amide bonds. The Bertz CT molecular complexity index is 740. The molecule has 3 aromatic rings. The second-order valence-corrected chi connectivity index (χ2v) is 4.67. The van der Waals surface area contributed by atoms with Crippen LogP contribution in [0.2, 0.25) is 5.02 Å². The van der Waals surface area contributed by atoms with Crippen LogP contribution in [0.4, 0.5) is 17.1 Å². The number of nitrogens with zero attached hydrogens (tertiary/aromatic N) is 1. The molecule has 0 aliphatic heterocycles. The fraction of sp³-hybridized carbons (Fsp3) is 0.